The van der Waals surface area contributed by atoms with Crippen molar-refractivity contribution in [2.45, 2.75) is 19.1 Å². The Hall–Kier alpha value is -4.03. The van der Waals surface area contributed by atoms with Crippen LogP contribution in [-0.4, -0.2) is 104 Å². The minimum atomic E-state index is 0.0724. The summed E-state index contributed by atoms with van der Waals surface area (Å²) in [5, 5.41) is 23.5. The van der Waals surface area contributed by atoms with Gasteiger partial charge in [0, 0.05) is 89.3 Å². The highest BCUT2D eigenvalue weighted by atomic mass is 16.5. The van der Waals surface area contributed by atoms with Crippen LogP contribution in [0.25, 0.3) is 10.9 Å². The molecule has 0 unspecified atom stereocenters. The normalized spacial score (nSPS) is 22.2. The van der Waals surface area contributed by atoms with Crippen LogP contribution in [-0.2, 0) is 4.74 Å². The smallest absolute Gasteiger partial charge is 0.227 e. The molecule has 3 aliphatic rings. The molecular weight excluding hydrogens is 504 g/mol. The Kier molecular flexibility index (Phi) is 7.60. The maximum atomic E-state index is 9.60. The molecule has 0 radical (unpaired) electrons. The number of benzene rings is 1. The summed E-state index contributed by atoms with van der Waals surface area (Å²) in [6.45, 7) is 11.4. The molecule has 11 nitrogen and oxygen atoms in total. The average Bonchev–Trinajstić information content (AvgIpc) is 3.00. The van der Waals surface area contributed by atoms with Gasteiger partial charge in [0.25, 0.3) is 0 Å². The first-order valence-electron chi connectivity index (χ1n) is 14.0. The number of piperazine rings is 2. The fraction of sp³-hybridized carbons (Fsp3) is 0.483. The Labute approximate surface area is 234 Å². The van der Waals surface area contributed by atoms with Gasteiger partial charge in [-0.2, -0.15) is 15.5 Å². The molecule has 0 spiro atoms. The summed E-state index contributed by atoms with van der Waals surface area (Å²) in [7, 11) is 0. The first kappa shape index (κ1) is 26.2. The first-order chi connectivity index (χ1) is 19.6. The number of fused-ring (bicyclic) bond motifs is 1. The second-order valence-corrected chi connectivity index (χ2v) is 10.7. The summed E-state index contributed by atoms with van der Waals surface area (Å²) in [6.07, 6.45) is 3.58. The fourth-order valence-corrected chi connectivity index (χ4v) is 6.00. The minimum Gasteiger partial charge on any atom is -0.370 e. The molecule has 3 aliphatic heterocycles. The summed E-state index contributed by atoms with van der Waals surface area (Å²) in [4.78, 5) is 23.1. The van der Waals surface area contributed by atoms with Gasteiger partial charge in [-0.05, 0) is 31.2 Å². The van der Waals surface area contributed by atoms with Crippen molar-refractivity contribution in [2.75, 3.05) is 86.7 Å². The van der Waals surface area contributed by atoms with Crippen molar-refractivity contribution in [3.8, 4) is 12.1 Å². The second-order valence-electron chi connectivity index (χ2n) is 10.7. The van der Waals surface area contributed by atoms with E-state index in [1.165, 1.54) is 0 Å². The van der Waals surface area contributed by atoms with E-state index in [4.69, 9.17) is 9.72 Å². The Morgan fingerprint density at radius 3 is 2.50 bits per heavy atom. The third-order valence-corrected chi connectivity index (χ3v) is 7.94. The average molecular weight is 539 g/mol. The molecule has 40 heavy (non-hydrogen) atoms. The summed E-state index contributed by atoms with van der Waals surface area (Å²) >= 11 is 0. The standard InChI is InChI=1S/C29H34N10O/c1-21-18-39(26-5-4-22(15-30)27-25(26)3-2-6-33-27)20-24(40-21)19-36-11-13-38(14-12-36)29-34-17-23(16-31)28(35-29)37-9-7-32-8-10-37/h2-6,17,21,24,32H,7-14,18-20H2,1H3/t21-,24+/m1/s1. The zero-order valence-electron chi connectivity index (χ0n) is 22.8. The highest BCUT2D eigenvalue weighted by Gasteiger charge is 2.30. The van der Waals surface area contributed by atoms with E-state index in [1.807, 2.05) is 24.3 Å². The van der Waals surface area contributed by atoms with Gasteiger partial charge in [-0.25, -0.2) is 4.98 Å². The maximum Gasteiger partial charge on any atom is 0.227 e. The third-order valence-electron chi connectivity index (χ3n) is 7.94. The Balaban J connectivity index is 1.10. The molecule has 1 aromatic carbocycles. The third kappa shape index (κ3) is 5.36. The summed E-state index contributed by atoms with van der Waals surface area (Å²) in [6, 6.07) is 12.4. The molecule has 3 saturated heterocycles. The van der Waals surface area contributed by atoms with Gasteiger partial charge in [0.1, 0.15) is 17.7 Å². The molecule has 11 heteroatoms. The lowest BCUT2D eigenvalue weighted by atomic mass is 10.1. The second kappa shape index (κ2) is 11.6. The van der Waals surface area contributed by atoms with E-state index in [9.17, 15) is 10.5 Å². The largest absolute Gasteiger partial charge is 0.370 e. The molecule has 0 bridgehead atoms. The lowest BCUT2D eigenvalue weighted by Gasteiger charge is -2.42. The number of hydrogen-bond donors (Lipinski definition) is 1. The van der Waals surface area contributed by atoms with Gasteiger partial charge in [0.05, 0.1) is 29.5 Å². The number of pyridine rings is 1. The number of hydrogen-bond acceptors (Lipinski definition) is 11. The van der Waals surface area contributed by atoms with E-state index >= 15 is 0 Å². The van der Waals surface area contributed by atoms with Crippen LogP contribution in [0.4, 0.5) is 17.5 Å². The Morgan fingerprint density at radius 1 is 0.925 bits per heavy atom. The van der Waals surface area contributed by atoms with Crippen molar-refractivity contribution in [3.05, 3.63) is 47.8 Å². The zero-order valence-corrected chi connectivity index (χ0v) is 22.8. The number of nitrogens with zero attached hydrogens (tertiary/aromatic N) is 9. The molecule has 5 heterocycles. The molecule has 0 saturated carbocycles. The van der Waals surface area contributed by atoms with Gasteiger partial charge in [0.15, 0.2) is 5.82 Å². The van der Waals surface area contributed by atoms with E-state index in [2.05, 4.69) is 53.9 Å². The van der Waals surface area contributed by atoms with Crippen molar-refractivity contribution < 1.29 is 4.74 Å². The number of anilines is 3. The molecule has 0 aliphatic carbocycles. The Bertz CT molecular complexity index is 1430. The molecule has 206 valence electrons. The summed E-state index contributed by atoms with van der Waals surface area (Å²) < 4.78 is 6.39. The van der Waals surface area contributed by atoms with E-state index < -0.39 is 0 Å². The summed E-state index contributed by atoms with van der Waals surface area (Å²) in [5.41, 5.74) is 2.98. The predicted molar refractivity (Wildman–Crippen MR) is 153 cm³/mol. The van der Waals surface area contributed by atoms with Crippen molar-refractivity contribution in [2.24, 2.45) is 0 Å². The lowest BCUT2D eigenvalue weighted by molar-refractivity contribution is -0.0327. The van der Waals surface area contributed by atoms with E-state index in [1.54, 1.807) is 12.4 Å². The number of morpholine rings is 1. The van der Waals surface area contributed by atoms with Crippen molar-refractivity contribution in [3.63, 3.8) is 0 Å². The lowest BCUT2D eigenvalue weighted by Crippen LogP contribution is -2.54. The van der Waals surface area contributed by atoms with Crippen molar-refractivity contribution in [1.29, 1.82) is 10.5 Å². The number of ether oxygens (including phenoxy) is 1. The van der Waals surface area contributed by atoms with Gasteiger partial charge in [-0.1, -0.05) is 0 Å². The molecule has 3 fully saturated rings. The van der Waals surface area contributed by atoms with Crippen LogP contribution in [0.3, 0.4) is 0 Å². The maximum absolute atomic E-state index is 9.60. The van der Waals surface area contributed by atoms with Gasteiger partial charge < -0.3 is 24.8 Å². The molecule has 2 aromatic heterocycles. The number of nitriles is 2. The topological polar surface area (TPSA) is 120 Å². The van der Waals surface area contributed by atoms with Crippen molar-refractivity contribution in [1.82, 2.24) is 25.2 Å². The molecule has 2 atom stereocenters. The molecule has 6 rings (SSSR count). The van der Waals surface area contributed by atoms with Crippen LogP contribution in [0.1, 0.15) is 18.1 Å². The number of nitrogens with one attached hydrogen (secondary N) is 1. The van der Waals surface area contributed by atoms with Crippen LogP contribution in [0.5, 0.6) is 0 Å². The fourth-order valence-electron chi connectivity index (χ4n) is 6.00. The van der Waals surface area contributed by atoms with Gasteiger partial charge in [-0.15, -0.1) is 0 Å². The van der Waals surface area contributed by atoms with Crippen LogP contribution >= 0.6 is 0 Å². The first-order valence-corrected chi connectivity index (χ1v) is 14.0. The van der Waals surface area contributed by atoms with Crippen LogP contribution < -0.4 is 20.0 Å². The van der Waals surface area contributed by atoms with Crippen LogP contribution in [0.2, 0.25) is 0 Å². The van der Waals surface area contributed by atoms with E-state index in [-0.39, 0.29) is 12.2 Å². The van der Waals surface area contributed by atoms with Crippen LogP contribution in [0.15, 0.2) is 36.7 Å². The Morgan fingerprint density at radius 2 is 1.73 bits per heavy atom. The summed E-state index contributed by atoms with van der Waals surface area (Å²) in [5.74, 6) is 1.44. The highest BCUT2D eigenvalue weighted by molar-refractivity contribution is 5.95. The minimum absolute atomic E-state index is 0.0724. The van der Waals surface area contributed by atoms with Crippen LogP contribution in [0, 0.1) is 22.7 Å². The SMILES string of the molecule is C[C@@H]1CN(c2ccc(C#N)c3ncccc23)C[C@H](CN2CCN(c3ncc(C#N)c(N4CCNCC4)n3)CC2)O1. The predicted octanol–water partition coefficient (Wildman–Crippen LogP) is 1.59. The monoisotopic (exact) mass is 538 g/mol. The van der Waals surface area contributed by atoms with E-state index in [0.29, 0.717) is 17.1 Å². The van der Waals surface area contributed by atoms with Gasteiger partial charge in [-0.3, -0.25) is 9.88 Å². The van der Waals surface area contributed by atoms with Gasteiger partial charge in [0.2, 0.25) is 5.95 Å². The molecule has 3 aromatic rings. The molecule has 1 N–H and O–H groups in total. The van der Waals surface area contributed by atoms with E-state index in [0.717, 1.165) is 94.4 Å². The number of rotatable bonds is 5. The molecular formula is C29H34N10O. The quantitative estimate of drug-likeness (QED) is 0.510. The number of aromatic nitrogens is 3. The van der Waals surface area contributed by atoms with Crippen molar-refractivity contribution >= 4 is 28.4 Å². The van der Waals surface area contributed by atoms with Gasteiger partial charge >= 0.3 is 0 Å². The highest BCUT2D eigenvalue weighted by Crippen LogP contribution is 2.30. The zero-order chi connectivity index (χ0) is 27.5. The molecule has 0 amide bonds.